The molecular weight excluding hydrogens is 431 g/mol. The minimum absolute atomic E-state index is 0.0158. The summed E-state index contributed by atoms with van der Waals surface area (Å²) in [5, 5.41) is 10.1. The summed E-state index contributed by atoms with van der Waals surface area (Å²) >= 11 is 1.86. The molecule has 1 aliphatic rings. The van der Waals surface area contributed by atoms with Crippen LogP contribution < -0.4 is 11.1 Å². The van der Waals surface area contributed by atoms with Crippen LogP contribution in [0.5, 0.6) is 0 Å². The van der Waals surface area contributed by atoms with Gasteiger partial charge in [0.2, 0.25) is 5.91 Å². The lowest BCUT2D eigenvalue weighted by molar-refractivity contribution is -0.199. The van der Waals surface area contributed by atoms with E-state index in [-0.39, 0.29) is 29.0 Å². The average Bonchev–Trinajstić information content (AvgIpc) is 2.84. The molecule has 0 aliphatic carbocycles. The highest BCUT2D eigenvalue weighted by Gasteiger charge is 2.35. The third-order valence-corrected chi connectivity index (χ3v) is 4.06. The molecule has 0 bridgehead atoms. The number of alkyl halides is 1. The molecule has 0 radical (unpaired) electrons. The summed E-state index contributed by atoms with van der Waals surface area (Å²) in [7, 11) is 0. The molecule has 1 aliphatic heterocycles. The lowest BCUT2D eigenvalue weighted by atomic mass is 10.1. The maximum absolute atomic E-state index is 12.2. The first-order chi connectivity index (χ1) is 11.3. The number of imide groups is 1. The second kappa shape index (κ2) is 10.2. The zero-order chi connectivity index (χ0) is 18.1. The molecular formula is C14H21IN4O5. The monoisotopic (exact) mass is 452 g/mol. The highest BCUT2D eigenvalue weighted by Crippen LogP contribution is 2.14. The number of hydrogen-bond donors (Lipinski definition) is 3. The molecule has 0 aromatic heterocycles. The zero-order valence-corrected chi connectivity index (χ0v) is 15.3. The molecule has 1 saturated heterocycles. The van der Waals surface area contributed by atoms with Crippen LogP contribution in [0.3, 0.4) is 0 Å². The normalized spacial score (nSPS) is 15.3. The van der Waals surface area contributed by atoms with Gasteiger partial charge in [-0.3, -0.25) is 19.8 Å². The Hall–Kier alpha value is -1.72. The van der Waals surface area contributed by atoms with Crippen molar-refractivity contribution in [2.75, 3.05) is 4.43 Å². The van der Waals surface area contributed by atoms with E-state index in [0.29, 0.717) is 30.7 Å². The van der Waals surface area contributed by atoms with Crippen molar-refractivity contribution in [1.29, 1.82) is 5.41 Å². The number of hydrogen-bond acceptors (Lipinski definition) is 6. The fourth-order valence-corrected chi connectivity index (χ4v) is 2.35. The SMILES string of the molecule is N=C(N)CCCCC[C@H](NC(=O)CI)C(=O)ON1C(=O)CCC1=O. The Morgan fingerprint density at radius 2 is 1.88 bits per heavy atom. The van der Waals surface area contributed by atoms with Gasteiger partial charge in [-0.2, -0.15) is 0 Å². The number of carbonyl (C=O) groups is 4. The van der Waals surface area contributed by atoms with Crippen molar-refractivity contribution in [2.45, 2.75) is 51.0 Å². The van der Waals surface area contributed by atoms with E-state index >= 15 is 0 Å². The van der Waals surface area contributed by atoms with Gasteiger partial charge >= 0.3 is 5.97 Å². The number of carbonyl (C=O) groups excluding carboxylic acids is 4. The Morgan fingerprint density at radius 3 is 2.42 bits per heavy atom. The van der Waals surface area contributed by atoms with Gasteiger partial charge in [0, 0.05) is 19.3 Å². The van der Waals surface area contributed by atoms with Gasteiger partial charge in [0.25, 0.3) is 11.8 Å². The molecule has 9 nitrogen and oxygen atoms in total. The standard InChI is InChI=1S/C14H21IN4O5/c15-8-11(20)18-9(4-2-1-3-5-10(16)17)14(23)24-19-12(21)6-7-13(19)22/h9H,1-8H2,(H3,16,17)(H,18,20)/t9-/m0/s1. The molecule has 10 heteroatoms. The van der Waals surface area contributed by atoms with Crippen LogP contribution >= 0.6 is 22.6 Å². The van der Waals surface area contributed by atoms with E-state index in [0.717, 1.165) is 6.42 Å². The Labute approximate surface area is 153 Å². The van der Waals surface area contributed by atoms with Gasteiger partial charge in [0.1, 0.15) is 6.04 Å². The molecule has 3 amide bonds. The Balaban J connectivity index is 2.54. The van der Waals surface area contributed by atoms with Crippen LogP contribution in [0.25, 0.3) is 0 Å². The number of amides is 3. The van der Waals surface area contributed by atoms with Crippen molar-refractivity contribution >= 4 is 52.1 Å². The number of hydroxylamine groups is 2. The summed E-state index contributed by atoms with van der Waals surface area (Å²) < 4.78 is 0.174. The zero-order valence-electron chi connectivity index (χ0n) is 13.2. The second-order valence-electron chi connectivity index (χ2n) is 5.37. The summed E-state index contributed by atoms with van der Waals surface area (Å²) in [4.78, 5) is 51.6. The van der Waals surface area contributed by atoms with Crippen LogP contribution in [-0.4, -0.2) is 45.1 Å². The second-order valence-corrected chi connectivity index (χ2v) is 6.13. The van der Waals surface area contributed by atoms with Crippen molar-refractivity contribution < 1.29 is 24.0 Å². The molecule has 1 rings (SSSR count). The average molecular weight is 452 g/mol. The highest BCUT2D eigenvalue weighted by atomic mass is 127. The highest BCUT2D eigenvalue weighted by molar-refractivity contribution is 14.1. The summed E-state index contributed by atoms with van der Waals surface area (Å²) in [5.41, 5.74) is 5.27. The van der Waals surface area contributed by atoms with E-state index in [1.54, 1.807) is 0 Å². The first-order valence-corrected chi connectivity index (χ1v) is 9.13. The third kappa shape index (κ3) is 6.81. The molecule has 134 valence electrons. The molecule has 0 saturated carbocycles. The number of nitrogens with one attached hydrogen (secondary N) is 2. The van der Waals surface area contributed by atoms with Gasteiger partial charge in [-0.25, -0.2) is 4.79 Å². The van der Waals surface area contributed by atoms with E-state index in [2.05, 4.69) is 5.32 Å². The predicted octanol–water partition coefficient (Wildman–Crippen LogP) is 0.400. The fourth-order valence-electron chi connectivity index (χ4n) is 2.13. The van der Waals surface area contributed by atoms with E-state index in [1.807, 2.05) is 22.6 Å². The van der Waals surface area contributed by atoms with Crippen molar-refractivity contribution in [3.05, 3.63) is 0 Å². The van der Waals surface area contributed by atoms with Crippen molar-refractivity contribution in [2.24, 2.45) is 5.73 Å². The summed E-state index contributed by atoms with van der Waals surface area (Å²) in [6, 6.07) is -0.925. The Bertz CT molecular complexity index is 509. The van der Waals surface area contributed by atoms with Gasteiger partial charge in [-0.05, 0) is 12.8 Å². The minimum Gasteiger partial charge on any atom is -0.388 e. The fraction of sp³-hybridized carbons (Fsp3) is 0.643. The van der Waals surface area contributed by atoms with Crippen LogP contribution in [-0.2, 0) is 24.0 Å². The summed E-state index contributed by atoms with van der Waals surface area (Å²) in [6.45, 7) is 0. The number of halogens is 1. The van der Waals surface area contributed by atoms with Gasteiger partial charge < -0.3 is 15.9 Å². The quantitative estimate of drug-likeness (QED) is 0.109. The van der Waals surface area contributed by atoms with Gasteiger partial charge in [-0.15, -0.1) is 5.06 Å². The smallest absolute Gasteiger partial charge is 0.355 e. The molecule has 0 aromatic carbocycles. The largest absolute Gasteiger partial charge is 0.388 e. The number of amidine groups is 1. The van der Waals surface area contributed by atoms with Crippen molar-refractivity contribution in [1.82, 2.24) is 10.4 Å². The molecule has 1 fully saturated rings. The molecule has 1 heterocycles. The number of nitrogens with two attached hydrogens (primary N) is 1. The van der Waals surface area contributed by atoms with Crippen molar-refractivity contribution in [3.8, 4) is 0 Å². The molecule has 24 heavy (non-hydrogen) atoms. The molecule has 0 spiro atoms. The van der Waals surface area contributed by atoms with Gasteiger partial charge in [-0.1, -0.05) is 35.4 Å². The van der Waals surface area contributed by atoms with E-state index in [4.69, 9.17) is 16.0 Å². The lowest BCUT2D eigenvalue weighted by Gasteiger charge is -2.19. The lowest BCUT2D eigenvalue weighted by Crippen LogP contribution is -2.45. The van der Waals surface area contributed by atoms with Crippen LogP contribution in [0.1, 0.15) is 44.9 Å². The van der Waals surface area contributed by atoms with E-state index < -0.39 is 23.8 Å². The molecule has 0 unspecified atom stereocenters. The Kier molecular flexibility index (Phi) is 8.65. The number of nitrogens with zero attached hydrogens (tertiary/aromatic N) is 1. The molecule has 4 N–H and O–H groups in total. The number of rotatable bonds is 10. The molecule has 1 atom stereocenters. The topological polar surface area (TPSA) is 143 Å². The van der Waals surface area contributed by atoms with E-state index in [9.17, 15) is 19.2 Å². The maximum atomic E-state index is 12.2. The predicted molar refractivity (Wildman–Crippen MR) is 93.0 cm³/mol. The number of unbranched alkanes of at least 4 members (excludes halogenated alkanes) is 2. The van der Waals surface area contributed by atoms with Gasteiger partial charge in [0.15, 0.2) is 0 Å². The maximum Gasteiger partial charge on any atom is 0.355 e. The van der Waals surface area contributed by atoms with Crippen LogP contribution in [0.15, 0.2) is 0 Å². The summed E-state index contributed by atoms with van der Waals surface area (Å²) in [5.74, 6) is -2.18. The Morgan fingerprint density at radius 1 is 1.25 bits per heavy atom. The van der Waals surface area contributed by atoms with Crippen LogP contribution in [0.4, 0.5) is 0 Å². The first-order valence-electron chi connectivity index (χ1n) is 7.61. The first kappa shape index (κ1) is 20.3. The third-order valence-electron chi connectivity index (χ3n) is 3.37. The van der Waals surface area contributed by atoms with Crippen molar-refractivity contribution in [3.63, 3.8) is 0 Å². The van der Waals surface area contributed by atoms with E-state index in [1.165, 1.54) is 0 Å². The van der Waals surface area contributed by atoms with Crippen LogP contribution in [0.2, 0.25) is 0 Å². The molecule has 0 aromatic rings. The van der Waals surface area contributed by atoms with Crippen LogP contribution in [0, 0.1) is 5.41 Å². The minimum atomic E-state index is -0.925. The van der Waals surface area contributed by atoms with Gasteiger partial charge in [0.05, 0.1) is 10.3 Å². The summed E-state index contributed by atoms with van der Waals surface area (Å²) in [6.07, 6.45) is 2.87.